The molecule has 0 bridgehead atoms. The van der Waals surface area contributed by atoms with Crippen LogP contribution in [0.4, 0.5) is 0 Å². The van der Waals surface area contributed by atoms with Gasteiger partial charge >= 0.3 is 0 Å². The molecule has 0 unspecified atom stereocenters. The minimum Gasteiger partial charge on any atom is -0.379 e. The summed E-state index contributed by atoms with van der Waals surface area (Å²) in [6, 6.07) is 0. The first kappa shape index (κ1) is 23.9. The van der Waals surface area contributed by atoms with Gasteiger partial charge in [-0.25, -0.2) is 0 Å². The largest absolute Gasteiger partial charge is 0.379 e. The van der Waals surface area contributed by atoms with Crippen LogP contribution in [0.25, 0.3) is 0 Å². The fourth-order valence-corrected chi connectivity index (χ4v) is 3.35. The Balaban J connectivity index is 0.00000484. The second-order valence-electron chi connectivity index (χ2n) is 7.05. The third-order valence-electron chi connectivity index (χ3n) is 4.93. The van der Waals surface area contributed by atoms with Crippen molar-refractivity contribution in [1.82, 2.24) is 4.90 Å². The molecule has 133 valence electrons. The average molecular weight is 335 g/mol. The van der Waals surface area contributed by atoms with Crippen molar-refractivity contribution in [1.29, 1.82) is 0 Å². The van der Waals surface area contributed by atoms with Crippen LogP contribution in [0.3, 0.4) is 0 Å². The smallest absolute Gasteiger partial charge is 0.0594 e. The summed E-state index contributed by atoms with van der Waals surface area (Å²) in [5, 5.41) is 0. The Morgan fingerprint density at radius 3 is 1.43 bits per heavy atom. The summed E-state index contributed by atoms with van der Waals surface area (Å²) in [5.74, 6) is 0. The van der Waals surface area contributed by atoms with E-state index in [0.717, 1.165) is 26.3 Å². The Kier molecular flexibility index (Phi) is 20.0. The maximum Gasteiger partial charge on any atom is 0.0594 e. The Hall–Kier alpha value is 0.920. The van der Waals surface area contributed by atoms with Gasteiger partial charge in [-0.1, -0.05) is 90.4 Å². The van der Waals surface area contributed by atoms with Gasteiger partial charge in [-0.05, 0) is 13.0 Å². The molecule has 3 heteroatoms. The number of nitrogens with zero attached hydrogens (tertiary/aromatic N) is 1. The van der Waals surface area contributed by atoms with Gasteiger partial charge in [0.1, 0.15) is 0 Å². The normalized spacial score (nSPS) is 15.5. The Morgan fingerprint density at radius 2 is 1.00 bits per heavy atom. The van der Waals surface area contributed by atoms with E-state index in [1.54, 1.807) is 0 Å². The molecule has 0 amide bonds. The Morgan fingerprint density at radius 1 is 0.609 bits per heavy atom. The second-order valence-corrected chi connectivity index (χ2v) is 7.05. The third-order valence-corrected chi connectivity index (χ3v) is 4.93. The number of hydrogen-bond donors (Lipinski definition) is 0. The van der Waals surface area contributed by atoms with Crippen molar-refractivity contribution < 1.29 is 4.74 Å². The maximum atomic E-state index is 5.38. The number of morpholine rings is 1. The van der Waals surface area contributed by atoms with Gasteiger partial charge in [-0.3, -0.25) is 4.90 Å². The summed E-state index contributed by atoms with van der Waals surface area (Å²) in [4.78, 5) is 2.56. The van der Waals surface area contributed by atoms with Gasteiger partial charge in [0, 0.05) is 42.6 Å². The van der Waals surface area contributed by atoms with E-state index in [-0.39, 0.29) is 29.6 Å². The van der Waals surface area contributed by atoms with Crippen LogP contribution in [0.2, 0.25) is 0 Å². The van der Waals surface area contributed by atoms with Crippen LogP contribution in [0, 0.1) is 0 Å². The minimum atomic E-state index is 0. The van der Waals surface area contributed by atoms with Gasteiger partial charge in [-0.15, -0.1) is 0 Å². The topological polar surface area (TPSA) is 12.5 Å². The van der Waals surface area contributed by atoms with Crippen molar-refractivity contribution in [3.63, 3.8) is 0 Å². The fourth-order valence-electron chi connectivity index (χ4n) is 3.35. The van der Waals surface area contributed by atoms with Crippen LogP contribution < -0.4 is 0 Å². The van der Waals surface area contributed by atoms with Crippen molar-refractivity contribution in [3.8, 4) is 0 Å². The Bertz CT molecular complexity index is 220. The van der Waals surface area contributed by atoms with Crippen LogP contribution >= 0.6 is 0 Å². The molecule has 1 fully saturated rings. The van der Waals surface area contributed by atoms with Gasteiger partial charge in [0.15, 0.2) is 0 Å². The molecule has 0 atom stereocenters. The molecule has 0 aliphatic carbocycles. The zero-order valence-electron chi connectivity index (χ0n) is 16.3. The van der Waals surface area contributed by atoms with E-state index >= 15 is 0 Å². The van der Waals surface area contributed by atoms with Crippen molar-refractivity contribution >= 4 is 29.6 Å². The number of ether oxygens (including phenoxy) is 1. The summed E-state index contributed by atoms with van der Waals surface area (Å²) >= 11 is 0. The summed E-state index contributed by atoms with van der Waals surface area (Å²) < 4.78 is 5.38. The van der Waals surface area contributed by atoms with Crippen molar-refractivity contribution in [2.75, 3.05) is 32.8 Å². The van der Waals surface area contributed by atoms with Crippen molar-refractivity contribution in [2.45, 2.75) is 96.8 Å². The SMILES string of the molecule is CCCCCCCCCCCCCCCCN1CCOCC1.[Na]. The molecule has 0 spiro atoms. The molecular weight excluding hydrogens is 293 g/mol. The van der Waals surface area contributed by atoms with Crippen molar-refractivity contribution in [3.05, 3.63) is 0 Å². The van der Waals surface area contributed by atoms with E-state index in [2.05, 4.69) is 11.8 Å². The molecule has 0 aromatic carbocycles. The molecule has 1 aliphatic heterocycles. The first-order chi connectivity index (χ1) is 10.9. The van der Waals surface area contributed by atoms with Gasteiger partial charge < -0.3 is 4.74 Å². The predicted octanol–water partition coefficient (Wildman–Crippen LogP) is 5.42. The zero-order valence-corrected chi connectivity index (χ0v) is 18.3. The number of hydrogen-bond acceptors (Lipinski definition) is 2. The molecule has 1 heterocycles. The third kappa shape index (κ3) is 16.2. The zero-order chi connectivity index (χ0) is 15.7. The van der Waals surface area contributed by atoms with Gasteiger partial charge in [0.2, 0.25) is 0 Å². The van der Waals surface area contributed by atoms with Crippen LogP contribution in [0.5, 0.6) is 0 Å². The average Bonchev–Trinajstić information content (AvgIpc) is 2.56. The molecule has 1 aliphatic rings. The van der Waals surface area contributed by atoms with Gasteiger partial charge in [0.25, 0.3) is 0 Å². The van der Waals surface area contributed by atoms with E-state index in [1.165, 1.54) is 96.4 Å². The standard InChI is InChI=1S/C20H41NO.Na/c1-2-3-4-5-6-7-8-9-10-11-12-13-14-15-16-21-17-19-22-20-18-21;/h2-20H2,1H3;. The molecule has 1 rings (SSSR count). The quantitative estimate of drug-likeness (QED) is 0.293. The predicted molar refractivity (Wildman–Crippen MR) is 103 cm³/mol. The fraction of sp³-hybridized carbons (Fsp3) is 1.00. The van der Waals surface area contributed by atoms with Crippen LogP contribution in [-0.4, -0.2) is 67.3 Å². The summed E-state index contributed by atoms with van der Waals surface area (Å²) in [6.45, 7) is 7.78. The molecule has 1 saturated heterocycles. The molecule has 0 N–H and O–H groups in total. The van der Waals surface area contributed by atoms with E-state index in [0.29, 0.717) is 0 Å². The molecular formula is C20H41NNaO. The summed E-state index contributed by atoms with van der Waals surface area (Å²) in [6.07, 6.45) is 20.3. The van der Waals surface area contributed by atoms with E-state index < -0.39 is 0 Å². The molecule has 0 saturated carbocycles. The van der Waals surface area contributed by atoms with Crippen LogP contribution in [0.1, 0.15) is 96.8 Å². The van der Waals surface area contributed by atoms with Crippen LogP contribution in [-0.2, 0) is 4.74 Å². The minimum absolute atomic E-state index is 0. The summed E-state index contributed by atoms with van der Waals surface area (Å²) in [7, 11) is 0. The molecule has 23 heavy (non-hydrogen) atoms. The molecule has 0 aromatic rings. The van der Waals surface area contributed by atoms with Gasteiger partial charge in [0.05, 0.1) is 13.2 Å². The number of rotatable bonds is 15. The summed E-state index contributed by atoms with van der Waals surface area (Å²) in [5.41, 5.74) is 0. The van der Waals surface area contributed by atoms with Crippen LogP contribution in [0.15, 0.2) is 0 Å². The molecule has 1 radical (unpaired) electrons. The molecule has 0 aromatic heterocycles. The second kappa shape index (κ2) is 19.2. The van der Waals surface area contributed by atoms with Gasteiger partial charge in [-0.2, -0.15) is 0 Å². The number of unbranched alkanes of at least 4 members (excludes halogenated alkanes) is 13. The first-order valence-corrected chi connectivity index (χ1v) is 10.2. The maximum absolute atomic E-state index is 5.38. The van der Waals surface area contributed by atoms with Crippen molar-refractivity contribution in [2.24, 2.45) is 0 Å². The first-order valence-electron chi connectivity index (χ1n) is 10.2. The van der Waals surface area contributed by atoms with E-state index in [4.69, 9.17) is 4.74 Å². The monoisotopic (exact) mass is 334 g/mol. The Labute approximate surface area is 168 Å². The molecule has 2 nitrogen and oxygen atoms in total. The van der Waals surface area contributed by atoms with E-state index in [9.17, 15) is 0 Å². The van der Waals surface area contributed by atoms with E-state index in [1.807, 2.05) is 0 Å².